The molecule has 1 aromatic rings. The van der Waals surface area contributed by atoms with Crippen LogP contribution in [0.5, 0.6) is 0 Å². The van der Waals surface area contributed by atoms with Gasteiger partial charge in [0, 0.05) is 30.7 Å². The normalized spacial score (nSPS) is 8.73. The average Bonchev–Trinajstić information content (AvgIpc) is 2.50. The van der Waals surface area contributed by atoms with Crippen molar-refractivity contribution in [3.05, 3.63) is 30.1 Å². The van der Waals surface area contributed by atoms with E-state index in [1.807, 2.05) is 0 Å². The first kappa shape index (κ1) is 7.42. The van der Waals surface area contributed by atoms with Crippen molar-refractivity contribution in [3.63, 3.8) is 0 Å². The first-order chi connectivity index (χ1) is 5.29. The average molecular weight is 147 g/mol. The van der Waals surface area contributed by atoms with E-state index in [2.05, 4.69) is 22.9 Å². The topological polar surface area (TPSA) is 51.6 Å². The Kier molecular flexibility index (Phi) is 1.98. The molecular weight excluding hydrogens is 138 g/mol. The molecule has 0 aromatic carbocycles. The number of hydrogen-bond donors (Lipinski definition) is 2. The molecule has 0 saturated carbocycles. The van der Waals surface area contributed by atoms with Crippen LogP contribution >= 0.6 is 0 Å². The van der Waals surface area contributed by atoms with E-state index in [0.29, 0.717) is 5.56 Å². The zero-order valence-electron chi connectivity index (χ0n) is 6.31. The van der Waals surface area contributed by atoms with Gasteiger partial charge in [0.1, 0.15) is 6.07 Å². The van der Waals surface area contributed by atoms with Crippen LogP contribution in [-0.4, -0.2) is 12.0 Å². The van der Waals surface area contributed by atoms with Crippen molar-refractivity contribution < 1.29 is 0 Å². The minimum Gasteiger partial charge on any atom is -0.388 e. The summed E-state index contributed by atoms with van der Waals surface area (Å²) in [4.78, 5) is 2.84. The van der Waals surface area contributed by atoms with E-state index < -0.39 is 0 Å². The molecule has 0 radical (unpaired) electrons. The van der Waals surface area contributed by atoms with Gasteiger partial charge in [0.25, 0.3) is 0 Å². The first-order valence-electron chi connectivity index (χ1n) is 3.23. The molecule has 3 heteroatoms. The summed E-state index contributed by atoms with van der Waals surface area (Å²) in [5.74, 6) is 0. The number of aromatic amines is 1. The Morgan fingerprint density at radius 1 is 1.73 bits per heavy atom. The van der Waals surface area contributed by atoms with Gasteiger partial charge in [-0.25, -0.2) is 0 Å². The highest BCUT2D eigenvalue weighted by molar-refractivity contribution is 5.66. The molecule has 11 heavy (non-hydrogen) atoms. The van der Waals surface area contributed by atoms with Gasteiger partial charge in [-0.15, -0.1) is 0 Å². The fourth-order valence-electron chi connectivity index (χ4n) is 0.841. The fraction of sp³-hybridized carbons (Fsp3) is 0.125. The minimum absolute atomic E-state index is 0.615. The van der Waals surface area contributed by atoms with Crippen LogP contribution in [0.4, 0.5) is 0 Å². The van der Waals surface area contributed by atoms with Gasteiger partial charge >= 0.3 is 0 Å². The van der Waals surface area contributed by atoms with Crippen LogP contribution in [0.1, 0.15) is 11.1 Å². The highest BCUT2D eigenvalue weighted by Crippen LogP contribution is 2.12. The van der Waals surface area contributed by atoms with E-state index in [1.54, 1.807) is 19.4 Å². The Bertz CT molecular complexity index is 303. The lowest BCUT2D eigenvalue weighted by Crippen LogP contribution is -2.02. The molecule has 0 atom stereocenters. The third-order valence-electron chi connectivity index (χ3n) is 1.49. The van der Waals surface area contributed by atoms with E-state index in [4.69, 9.17) is 5.26 Å². The van der Waals surface area contributed by atoms with Crippen LogP contribution in [0, 0.1) is 11.3 Å². The molecule has 0 fully saturated rings. The maximum atomic E-state index is 8.61. The fourth-order valence-corrected chi connectivity index (χ4v) is 0.841. The molecular formula is C8H9N3. The summed E-state index contributed by atoms with van der Waals surface area (Å²) in [6.45, 7) is 3.74. The summed E-state index contributed by atoms with van der Waals surface area (Å²) in [5, 5.41) is 11.5. The van der Waals surface area contributed by atoms with Crippen LogP contribution in [0.15, 0.2) is 19.0 Å². The minimum atomic E-state index is 0.615. The van der Waals surface area contributed by atoms with Gasteiger partial charge in [-0.3, -0.25) is 0 Å². The van der Waals surface area contributed by atoms with Gasteiger partial charge in [0.05, 0.1) is 5.56 Å². The van der Waals surface area contributed by atoms with Gasteiger partial charge in [-0.2, -0.15) is 5.26 Å². The zero-order chi connectivity index (χ0) is 8.27. The number of nitrogens with one attached hydrogen (secondary N) is 2. The standard InChI is InChI=1S/C8H9N3/c1-6(10-2)8-5-11-4-7(8)3-9/h4-5,10-11H,1H2,2H3. The third-order valence-corrected chi connectivity index (χ3v) is 1.49. The highest BCUT2D eigenvalue weighted by atomic mass is 14.8. The van der Waals surface area contributed by atoms with E-state index in [0.717, 1.165) is 11.3 Å². The molecule has 0 aliphatic heterocycles. The molecule has 0 aliphatic carbocycles. The molecule has 0 unspecified atom stereocenters. The van der Waals surface area contributed by atoms with Crippen LogP contribution in [-0.2, 0) is 0 Å². The second-order valence-electron chi connectivity index (χ2n) is 2.12. The first-order valence-corrected chi connectivity index (χ1v) is 3.23. The highest BCUT2D eigenvalue weighted by Gasteiger charge is 2.03. The Labute approximate surface area is 65.4 Å². The van der Waals surface area contributed by atoms with Gasteiger partial charge < -0.3 is 10.3 Å². The molecule has 3 nitrogen and oxygen atoms in total. The van der Waals surface area contributed by atoms with Gasteiger partial charge in [0.2, 0.25) is 0 Å². The van der Waals surface area contributed by atoms with Crippen molar-refractivity contribution in [3.8, 4) is 6.07 Å². The molecule has 56 valence electrons. The van der Waals surface area contributed by atoms with Crippen LogP contribution in [0.2, 0.25) is 0 Å². The van der Waals surface area contributed by atoms with E-state index in [9.17, 15) is 0 Å². The molecule has 0 bridgehead atoms. The van der Waals surface area contributed by atoms with Crippen molar-refractivity contribution in [1.82, 2.24) is 10.3 Å². The lowest BCUT2D eigenvalue weighted by Gasteiger charge is -2.00. The zero-order valence-corrected chi connectivity index (χ0v) is 6.31. The Hall–Kier alpha value is -1.69. The lowest BCUT2D eigenvalue weighted by molar-refractivity contribution is 1.13. The number of nitrogens with zero attached hydrogens (tertiary/aromatic N) is 1. The monoisotopic (exact) mass is 147 g/mol. The lowest BCUT2D eigenvalue weighted by atomic mass is 10.2. The summed E-state index contributed by atoms with van der Waals surface area (Å²) in [5.41, 5.74) is 2.20. The van der Waals surface area contributed by atoms with Crippen molar-refractivity contribution in [1.29, 1.82) is 5.26 Å². The largest absolute Gasteiger partial charge is 0.388 e. The van der Waals surface area contributed by atoms with Gasteiger partial charge in [-0.1, -0.05) is 6.58 Å². The molecule has 0 aliphatic rings. The molecule has 1 rings (SSSR count). The van der Waals surface area contributed by atoms with E-state index in [1.165, 1.54) is 0 Å². The number of rotatable bonds is 2. The predicted molar refractivity (Wildman–Crippen MR) is 43.6 cm³/mol. The second-order valence-corrected chi connectivity index (χ2v) is 2.12. The van der Waals surface area contributed by atoms with Crippen LogP contribution < -0.4 is 5.32 Å². The Morgan fingerprint density at radius 2 is 2.45 bits per heavy atom. The molecule has 1 heterocycles. The summed E-state index contributed by atoms with van der Waals surface area (Å²) in [6, 6.07) is 2.06. The molecule has 0 amide bonds. The van der Waals surface area contributed by atoms with Crippen molar-refractivity contribution in [2.75, 3.05) is 7.05 Å². The summed E-state index contributed by atoms with van der Waals surface area (Å²) in [7, 11) is 1.77. The van der Waals surface area contributed by atoms with Crippen LogP contribution in [0.25, 0.3) is 5.70 Å². The van der Waals surface area contributed by atoms with E-state index in [-0.39, 0.29) is 0 Å². The maximum absolute atomic E-state index is 8.61. The quantitative estimate of drug-likeness (QED) is 0.657. The molecule has 0 saturated heterocycles. The third kappa shape index (κ3) is 1.24. The molecule has 1 aromatic heterocycles. The maximum Gasteiger partial charge on any atom is 0.101 e. The molecule has 0 spiro atoms. The number of hydrogen-bond acceptors (Lipinski definition) is 2. The summed E-state index contributed by atoms with van der Waals surface area (Å²) >= 11 is 0. The number of H-pyrrole nitrogens is 1. The Morgan fingerprint density at radius 3 is 3.00 bits per heavy atom. The predicted octanol–water partition coefficient (Wildman–Crippen LogP) is 1.08. The van der Waals surface area contributed by atoms with Crippen molar-refractivity contribution in [2.24, 2.45) is 0 Å². The summed E-state index contributed by atoms with van der Waals surface area (Å²) < 4.78 is 0. The van der Waals surface area contributed by atoms with Crippen molar-refractivity contribution >= 4 is 5.70 Å². The Balaban J connectivity index is 3.05. The number of nitriles is 1. The smallest absolute Gasteiger partial charge is 0.101 e. The van der Waals surface area contributed by atoms with Gasteiger partial charge in [-0.05, 0) is 0 Å². The second kappa shape index (κ2) is 2.93. The van der Waals surface area contributed by atoms with E-state index >= 15 is 0 Å². The van der Waals surface area contributed by atoms with Gasteiger partial charge in [0.15, 0.2) is 0 Å². The summed E-state index contributed by atoms with van der Waals surface area (Å²) in [6.07, 6.45) is 3.40. The van der Waals surface area contributed by atoms with Crippen molar-refractivity contribution in [2.45, 2.75) is 0 Å². The van der Waals surface area contributed by atoms with Crippen LogP contribution in [0.3, 0.4) is 0 Å². The SMILES string of the molecule is C=C(NC)c1c[nH]cc1C#N. The molecule has 2 N–H and O–H groups in total. The number of aromatic nitrogens is 1.